The van der Waals surface area contributed by atoms with Crippen LogP contribution in [0, 0.1) is 5.92 Å². The smallest absolute Gasteiger partial charge is 0.403 e. The predicted octanol–water partition coefficient (Wildman–Crippen LogP) is 2.17. The molecule has 2 aromatic heterocycles. The maximum Gasteiger partial charge on any atom is 0.464 e. The molecule has 29 heavy (non-hydrogen) atoms. The minimum atomic E-state index is -0.329. The van der Waals surface area contributed by atoms with Crippen molar-refractivity contribution in [2.24, 2.45) is 13.0 Å². The summed E-state index contributed by atoms with van der Waals surface area (Å²) in [6.07, 6.45) is 3.62. The van der Waals surface area contributed by atoms with E-state index in [1.165, 1.54) is 0 Å². The van der Waals surface area contributed by atoms with Crippen LogP contribution in [-0.4, -0.2) is 62.4 Å². The molecule has 0 N–H and O–H groups in total. The quantitative estimate of drug-likeness (QED) is 0.730. The van der Waals surface area contributed by atoms with E-state index in [0.29, 0.717) is 36.2 Å². The van der Waals surface area contributed by atoms with E-state index in [2.05, 4.69) is 43.2 Å². The van der Waals surface area contributed by atoms with Gasteiger partial charge in [0.05, 0.1) is 17.4 Å². The third-order valence-electron chi connectivity index (χ3n) is 7.16. The standard InChI is InChI=1S/C19H26BN5O4/c1-17(2)18(3,4)29-20(28-17)19-6-7-25(10-12(19)9-19)16(26)13-8-15(27-22-13)14-11-24(5)23-21-14/h8,11-12H,6-7,9-10H2,1-5H3. The Bertz CT molecular complexity index is 953. The molecule has 0 spiro atoms. The lowest BCUT2D eigenvalue weighted by Gasteiger charge is -2.32. The highest BCUT2D eigenvalue weighted by Crippen LogP contribution is 2.69. The Morgan fingerprint density at radius 1 is 1.24 bits per heavy atom. The molecule has 0 bridgehead atoms. The zero-order valence-corrected chi connectivity index (χ0v) is 17.5. The Kier molecular flexibility index (Phi) is 3.84. The number of carbonyl (C=O) groups excluding carboxylic acids is 1. The molecule has 9 nitrogen and oxygen atoms in total. The lowest BCUT2D eigenvalue weighted by molar-refractivity contribution is 0.00578. The third-order valence-corrected chi connectivity index (χ3v) is 7.16. The average Bonchev–Trinajstić information content (AvgIpc) is 2.93. The van der Waals surface area contributed by atoms with Gasteiger partial charge in [0.25, 0.3) is 5.91 Å². The summed E-state index contributed by atoms with van der Waals surface area (Å²) in [5.41, 5.74) is 0.197. The number of nitrogens with zero attached hydrogens (tertiary/aromatic N) is 5. The lowest BCUT2D eigenvalue weighted by atomic mass is 9.63. The largest absolute Gasteiger partial charge is 0.464 e. The minimum absolute atomic E-state index is 0.0242. The first-order chi connectivity index (χ1) is 13.6. The van der Waals surface area contributed by atoms with Crippen molar-refractivity contribution in [2.45, 2.75) is 57.1 Å². The van der Waals surface area contributed by atoms with Crippen molar-refractivity contribution in [3.63, 3.8) is 0 Å². The molecule has 3 fully saturated rings. The van der Waals surface area contributed by atoms with Gasteiger partial charge in [0.1, 0.15) is 0 Å². The van der Waals surface area contributed by atoms with Gasteiger partial charge in [-0.05, 0) is 46.5 Å². The molecule has 1 saturated carbocycles. The molecule has 3 aliphatic rings. The van der Waals surface area contributed by atoms with Crippen molar-refractivity contribution >= 4 is 13.0 Å². The zero-order chi connectivity index (χ0) is 20.6. The first-order valence-corrected chi connectivity index (χ1v) is 10.1. The van der Waals surface area contributed by atoms with Crippen molar-refractivity contribution in [1.29, 1.82) is 0 Å². The summed E-state index contributed by atoms with van der Waals surface area (Å²) < 4.78 is 19.5. The molecule has 2 atom stereocenters. The first-order valence-electron chi connectivity index (χ1n) is 10.1. The number of aryl methyl sites for hydroxylation is 1. The molecular formula is C19H26BN5O4. The van der Waals surface area contributed by atoms with Crippen molar-refractivity contribution in [3.8, 4) is 11.5 Å². The van der Waals surface area contributed by atoms with Gasteiger partial charge in [-0.25, -0.2) is 0 Å². The summed E-state index contributed by atoms with van der Waals surface area (Å²) in [6.45, 7) is 9.68. The molecule has 2 saturated heterocycles. The molecule has 2 aliphatic heterocycles. The van der Waals surface area contributed by atoms with Crippen LogP contribution in [0.4, 0.5) is 0 Å². The van der Waals surface area contributed by atoms with Crippen molar-refractivity contribution in [2.75, 3.05) is 13.1 Å². The Labute approximate surface area is 169 Å². The maximum absolute atomic E-state index is 12.9. The van der Waals surface area contributed by atoms with Crippen LogP contribution in [0.5, 0.6) is 0 Å². The third kappa shape index (κ3) is 2.84. The van der Waals surface area contributed by atoms with Crippen LogP contribution in [-0.2, 0) is 16.4 Å². The molecule has 2 aromatic rings. The molecule has 1 aliphatic carbocycles. The second-order valence-corrected chi connectivity index (χ2v) is 9.58. The summed E-state index contributed by atoms with van der Waals surface area (Å²) in [5.74, 6) is 0.719. The Morgan fingerprint density at radius 3 is 2.59 bits per heavy atom. The fourth-order valence-corrected chi connectivity index (χ4v) is 4.44. The molecule has 0 radical (unpaired) electrons. The minimum Gasteiger partial charge on any atom is -0.403 e. The van der Waals surface area contributed by atoms with Crippen LogP contribution < -0.4 is 0 Å². The number of aromatic nitrogens is 4. The van der Waals surface area contributed by atoms with Gasteiger partial charge < -0.3 is 18.7 Å². The van der Waals surface area contributed by atoms with Gasteiger partial charge >= 0.3 is 7.12 Å². The zero-order valence-electron chi connectivity index (χ0n) is 17.5. The lowest BCUT2D eigenvalue weighted by Crippen LogP contribution is -2.42. The Morgan fingerprint density at radius 2 is 1.97 bits per heavy atom. The summed E-state index contributed by atoms with van der Waals surface area (Å²) in [6, 6.07) is 1.63. The molecular weight excluding hydrogens is 373 g/mol. The molecule has 4 heterocycles. The maximum atomic E-state index is 12.9. The van der Waals surface area contributed by atoms with E-state index < -0.39 is 0 Å². The highest BCUT2D eigenvalue weighted by molar-refractivity contribution is 6.51. The molecule has 0 aromatic carbocycles. The van der Waals surface area contributed by atoms with Gasteiger partial charge in [0, 0.05) is 31.5 Å². The molecule has 5 rings (SSSR count). The van der Waals surface area contributed by atoms with Crippen LogP contribution in [0.15, 0.2) is 16.8 Å². The van der Waals surface area contributed by atoms with E-state index in [-0.39, 0.29) is 29.5 Å². The van der Waals surface area contributed by atoms with Gasteiger partial charge in [-0.15, -0.1) is 5.10 Å². The highest BCUT2D eigenvalue weighted by atomic mass is 16.7. The number of fused-ring (bicyclic) bond motifs is 1. The number of hydrogen-bond donors (Lipinski definition) is 0. The summed E-state index contributed by atoms with van der Waals surface area (Å²) in [7, 11) is 1.57. The van der Waals surface area contributed by atoms with Crippen LogP contribution in [0.25, 0.3) is 11.5 Å². The number of likely N-dealkylation sites (tertiary alicyclic amines) is 1. The summed E-state index contributed by atoms with van der Waals surface area (Å²) >= 11 is 0. The van der Waals surface area contributed by atoms with Crippen LogP contribution in [0.3, 0.4) is 0 Å². The topological polar surface area (TPSA) is 95.5 Å². The molecule has 10 heteroatoms. The van der Waals surface area contributed by atoms with Gasteiger partial charge in [0.2, 0.25) is 0 Å². The number of piperidine rings is 1. The SMILES string of the molecule is Cn1cc(-c2cc(C(=O)N3CCC4(B5OC(C)(C)C(C)(C)O5)CC4C3)no2)nn1. The first kappa shape index (κ1) is 18.8. The number of amides is 1. The summed E-state index contributed by atoms with van der Waals surface area (Å²) in [5, 5.41) is 11.9. The van der Waals surface area contributed by atoms with Gasteiger partial charge in [-0.2, -0.15) is 0 Å². The summed E-state index contributed by atoms with van der Waals surface area (Å²) in [4.78, 5) is 14.8. The second kappa shape index (κ2) is 5.92. The van der Waals surface area contributed by atoms with E-state index in [9.17, 15) is 4.79 Å². The van der Waals surface area contributed by atoms with Crippen molar-refractivity contribution in [1.82, 2.24) is 25.1 Å². The van der Waals surface area contributed by atoms with Crippen molar-refractivity contribution in [3.05, 3.63) is 18.0 Å². The van der Waals surface area contributed by atoms with Crippen molar-refractivity contribution < 1.29 is 18.6 Å². The fourth-order valence-electron chi connectivity index (χ4n) is 4.44. The van der Waals surface area contributed by atoms with Crippen LogP contribution >= 0.6 is 0 Å². The average molecular weight is 399 g/mol. The van der Waals surface area contributed by atoms with Crippen LogP contribution in [0.1, 0.15) is 51.0 Å². The molecule has 2 unspecified atom stereocenters. The number of carbonyl (C=O) groups is 1. The van der Waals surface area contributed by atoms with Gasteiger partial charge in [0.15, 0.2) is 17.1 Å². The monoisotopic (exact) mass is 399 g/mol. The molecule has 154 valence electrons. The van der Waals surface area contributed by atoms with E-state index in [1.807, 2.05) is 4.90 Å². The van der Waals surface area contributed by atoms with E-state index in [0.717, 1.165) is 12.8 Å². The van der Waals surface area contributed by atoms with E-state index in [1.54, 1.807) is 24.0 Å². The van der Waals surface area contributed by atoms with E-state index in [4.69, 9.17) is 13.8 Å². The van der Waals surface area contributed by atoms with Gasteiger partial charge in [-0.3, -0.25) is 9.48 Å². The normalized spacial score (nSPS) is 29.8. The Hall–Kier alpha value is -2.20. The predicted molar refractivity (Wildman–Crippen MR) is 104 cm³/mol. The second-order valence-electron chi connectivity index (χ2n) is 9.58. The molecule has 1 amide bonds. The Balaban J connectivity index is 1.26. The van der Waals surface area contributed by atoms with Crippen LogP contribution in [0.2, 0.25) is 5.31 Å². The number of rotatable bonds is 3. The van der Waals surface area contributed by atoms with Gasteiger partial charge in [-0.1, -0.05) is 10.4 Å². The number of hydrogen-bond acceptors (Lipinski definition) is 7. The highest BCUT2D eigenvalue weighted by Gasteiger charge is 2.70. The fraction of sp³-hybridized carbons (Fsp3) is 0.684. The van der Waals surface area contributed by atoms with E-state index >= 15 is 0 Å².